The molecule has 1 aromatic carbocycles. The Morgan fingerprint density at radius 2 is 2.05 bits per heavy atom. The van der Waals surface area contributed by atoms with E-state index >= 15 is 0 Å². The quantitative estimate of drug-likeness (QED) is 0.732. The number of ether oxygens (including phenoxy) is 2. The molecule has 0 saturated heterocycles. The van der Waals surface area contributed by atoms with Gasteiger partial charge in [-0.15, -0.1) is 0 Å². The van der Waals surface area contributed by atoms with Gasteiger partial charge in [0.15, 0.2) is 11.5 Å². The second-order valence-corrected chi connectivity index (χ2v) is 5.25. The lowest BCUT2D eigenvalue weighted by Crippen LogP contribution is -2.21. The summed E-state index contributed by atoms with van der Waals surface area (Å²) >= 11 is 6.27. The maximum absolute atomic E-state index is 6.27. The van der Waals surface area contributed by atoms with Crippen molar-refractivity contribution in [2.45, 2.75) is 46.2 Å². The maximum Gasteiger partial charge on any atom is 0.179 e. The van der Waals surface area contributed by atoms with Gasteiger partial charge in [0, 0.05) is 12.6 Å². The van der Waals surface area contributed by atoms with Crippen LogP contribution < -0.4 is 14.8 Å². The molecule has 3 nitrogen and oxygen atoms in total. The third kappa shape index (κ3) is 5.29. The molecule has 1 rings (SSSR count). The van der Waals surface area contributed by atoms with Gasteiger partial charge in [-0.3, -0.25) is 0 Å². The van der Waals surface area contributed by atoms with Crippen LogP contribution in [0.4, 0.5) is 0 Å². The number of benzene rings is 1. The van der Waals surface area contributed by atoms with Crippen LogP contribution in [0.3, 0.4) is 0 Å². The summed E-state index contributed by atoms with van der Waals surface area (Å²) in [6.45, 7) is 7.78. The average Bonchev–Trinajstić information content (AvgIpc) is 2.38. The Bertz CT molecular complexity index is 394. The summed E-state index contributed by atoms with van der Waals surface area (Å²) in [5.74, 6) is 1.34. The molecule has 0 spiro atoms. The molecule has 1 aromatic rings. The van der Waals surface area contributed by atoms with E-state index in [4.69, 9.17) is 21.1 Å². The normalized spacial score (nSPS) is 10.8. The van der Waals surface area contributed by atoms with Crippen LogP contribution in [0, 0.1) is 0 Å². The monoisotopic (exact) mass is 285 g/mol. The molecule has 108 valence electrons. The molecule has 19 heavy (non-hydrogen) atoms. The predicted molar refractivity (Wildman–Crippen MR) is 80.4 cm³/mol. The van der Waals surface area contributed by atoms with Gasteiger partial charge in [-0.1, -0.05) is 38.8 Å². The SMILES string of the molecule is CCCCOc1c(Cl)cc(CNC(C)C)cc1OC. The highest BCUT2D eigenvalue weighted by Crippen LogP contribution is 2.36. The summed E-state index contributed by atoms with van der Waals surface area (Å²) in [5.41, 5.74) is 1.10. The Hall–Kier alpha value is -0.930. The number of rotatable bonds is 8. The van der Waals surface area contributed by atoms with Gasteiger partial charge in [0.2, 0.25) is 0 Å². The fraction of sp³-hybridized carbons (Fsp3) is 0.600. The van der Waals surface area contributed by atoms with E-state index in [2.05, 4.69) is 26.1 Å². The van der Waals surface area contributed by atoms with Crippen LogP contribution in [0.15, 0.2) is 12.1 Å². The average molecular weight is 286 g/mol. The predicted octanol–water partition coefficient (Wildman–Crippen LogP) is 4.03. The highest BCUT2D eigenvalue weighted by Gasteiger charge is 2.12. The first-order valence-electron chi connectivity index (χ1n) is 6.81. The highest BCUT2D eigenvalue weighted by atomic mass is 35.5. The zero-order chi connectivity index (χ0) is 14.3. The minimum absolute atomic E-state index is 0.435. The molecule has 0 radical (unpaired) electrons. The van der Waals surface area contributed by atoms with Crippen molar-refractivity contribution in [3.8, 4) is 11.5 Å². The summed E-state index contributed by atoms with van der Waals surface area (Å²) < 4.78 is 11.1. The molecule has 0 unspecified atom stereocenters. The van der Waals surface area contributed by atoms with Crippen molar-refractivity contribution in [2.75, 3.05) is 13.7 Å². The van der Waals surface area contributed by atoms with E-state index in [1.165, 1.54) is 0 Å². The van der Waals surface area contributed by atoms with Crippen molar-refractivity contribution in [1.82, 2.24) is 5.32 Å². The van der Waals surface area contributed by atoms with E-state index < -0.39 is 0 Å². The van der Waals surface area contributed by atoms with Crippen molar-refractivity contribution in [1.29, 1.82) is 0 Å². The number of methoxy groups -OCH3 is 1. The molecule has 0 bridgehead atoms. The number of hydrogen-bond acceptors (Lipinski definition) is 3. The molecule has 0 heterocycles. The molecule has 0 atom stereocenters. The summed E-state index contributed by atoms with van der Waals surface area (Å²) in [6, 6.07) is 4.34. The van der Waals surface area contributed by atoms with Crippen molar-refractivity contribution in [2.24, 2.45) is 0 Å². The van der Waals surface area contributed by atoms with E-state index in [9.17, 15) is 0 Å². The third-order valence-corrected chi connectivity index (χ3v) is 3.03. The number of halogens is 1. The highest BCUT2D eigenvalue weighted by molar-refractivity contribution is 6.32. The van der Waals surface area contributed by atoms with Gasteiger partial charge >= 0.3 is 0 Å². The Labute approximate surface area is 121 Å². The minimum atomic E-state index is 0.435. The molecule has 1 N–H and O–H groups in total. The number of unbranched alkanes of at least 4 members (excludes halogenated alkanes) is 1. The summed E-state index contributed by atoms with van der Waals surface area (Å²) in [5, 5.41) is 3.96. The summed E-state index contributed by atoms with van der Waals surface area (Å²) in [7, 11) is 1.64. The second-order valence-electron chi connectivity index (χ2n) is 4.85. The largest absolute Gasteiger partial charge is 0.493 e. The fourth-order valence-corrected chi connectivity index (χ4v) is 1.94. The lowest BCUT2D eigenvalue weighted by molar-refractivity contribution is 0.288. The van der Waals surface area contributed by atoms with E-state index in [1.54, 1.807) is 7.11 Å². The van der Waals surface area contributed by atoms with E-state index in [-0.39, 0.29) is 0 Å². The first-order valence-corrected chi connectivity index (χ1v) is 7.18. The van der Waals surface area contributed by atoms with Crippen LogP contribution in [-0.4, -0.2) is 19.8 Å². The molecule has 0 aliphatic carbocycles. The fourth-order valence-electron chi connectivity index (χ4n) is 1.66. The molecular weight excluding hydrogens is 262 g/mol. The lowest BCUT2D eigenvalue weighted by atomic mass is 10.2. The van der Waals surface area contributed by atoms with Crippen molar-refractivity contribution in [3.63, 3.8) is 0 Å². The molecule has 0 aliphatic rings. The van der Waals surface area contributed by atoms with Gasteiger partial charge < -0.3 is 14.8 Å². The van der Waals surface area contributed by atoms with Gasteiger partial charge in [-0.2, -0.15) is 0 Å². The van der Waals surface area contributed by atoms with Gasteiger partial charge in [0.05, 0.1) is 18.7 Å². The zero-order valence-corrected chi connectivity index (χ0v) is 13.0. The van der Waals surface area contributed by atoms with Crippen LogP contribution >= 0.6 is 11.6 Å². The maximum atomic E-state index is 6.27. The van der Waals surface area contributed by atoms with Crippen molar-refractivity contribution < 1.29 is 9.47 Å². The van der Waals surface area contributed by atoms with Gasteiger partial charge in [-0.25, -0.2) is 0 Å². The zero-order valence-electron chi connectivity index (χ0n) is 12.3. The van der Waals surface area contributed by atoms with E-state index in [0.29, 0.717) is 29.2 Å². The van der Waals surface area contributed by atoms with Crippen LogP contribution in [0.2, 0.25) is 5.02 Å². The number of hydrogen-bond donors (Lipinski definition) is 1. The van der Waals surface area contributed by atoms with Crippen molar-refractivity contribution in [3.05, 3.63) is 22.7 Å². The molecule has 0 fully saturated rings. The molecule has 0 saturated carbocycles. The summed E-state index contributed by atoms with van der Waals surface area (Å²) in [6.07, 6.45) is 2.10. The van der Waals surface area contributed by atoms with Gasteiger partial charge in [0.1, 0.15) is 0 Å². The first-order chi connectivity index (χ1) is 9.08. The molecule has 0 amide bonds. The standard InChI is InChI=1S/C15H24ClNO2/c1-5-6-7-19-15-13(16)8-12(9-14(15)18-4)10-17-11(2)3/h8-9,11,17H,5-7,10H2,1-4H3. The molecular formula is C15H24ClNO2. The Balaban J connectivity index is 2.81. The van der Waals surface area contributed by atoms with Crippen LogP contribution in [0.1, 0.15) is 39.2 Å². The number of nitrogens with one attached hydrogen (secondary N) is 1. The molecule has 4 heteroatoms. The first kappa shape index (κ1) is 16.1. The van der Waals surface area contributed by atoms with Gasteiger partial charge in [0.25, 0.3) is 0 Å². The minimum Gasteiger partial charge on any atom is -0.493 e. The van der Waals surface area contributed by atoms with Crippen molar-refractivity contribution >= 4 is 11.6 Å². The smallest absolute Gasteiger partial charge is 0.179 e. The Morgan fingerprint density at radius 3 is 2.63 bits per heavy atom. The van der Waals surface area contributed by atoms with Gasteiger partial charge in [-0.05, 0) is 24.1 Å². The van der Waals surface area contributed by atoms with E-state index in [1.807, 2.05) is 12.1 Å². The Kier molecular flexibility index (Phi) is 7.03. The Morgan fingerprint density at radius 1 is 1.32 bits per heavy atom. The van der Waals surface area contributed by atoms with E-state index in [0.717, 1.165) is 24.9 Å². The van der Waals surface area contributed by atoms with Crippen LogP contribution in [-0.2, 0) is 6.54 Å². The lowest BCUT2D eigenvalue weighted by Gasteiger charge is -2.15. The molecule has 0 aromatic heterocycles. The van der Waals surface area contributed by atoms with Crippen LogP contribution in [0.25, 0.3) is 0 Å². The summed E-state index contributed by atoms with van der Waals surface area (Å²) in [4.78, 5) is 0. The topological polar surface area (TPSA) is 30.5 Å². The molecule has 0 aliphatic heterocycles. The third-order valence-electron chi connectivity index (χ3n) is 2.75. The van der Waals surface area contributed by atoms with Crippen LogP contribution in [0.5, 0.6) is 11.5 Å². The second kappa shape index (κ2) is 8.28.